The van der Waals surface area contributed by atoms with Crippen molar-refractivity contribution in [2.75, 3.05) is 28.4 Å². The number of ether oxygens (including phenoxy) is 5. The summed E-state index contributed by atoms with van der Waals surface area (Å²) in [6, 6.07) is 7.64. The maximum absolute atomic E-state index is 12.4. The first-order valence-corrected chi connectivity index (χ1v) is 6.93. The number of phenols is 1. The van der Waals surface area contributed by atoms with E-state index in [0.717, 1.165) is 0 Å². The van der Waals surface area contributed by atoms with Crippen molar-refractivity contribution in [3.63, 3.8) is 0 Å². The second kappa shape index (κ2) is 7.45. The van der Waals surface area contributed by atoms with Gasteiger partial charge in [0, 0.05) is 0 Å². The molecule has 0 saturated heterocycles. The number of hydrogen-bond acceptors (Lipinski definition) is 7. The number of methoxy groups -OCH3 is 4. The van der Waals surface area contributed by atoms with Crippen molar-refractivity contribution in [2.24, 2.45) is 0 Å². The van der Waals surface area contributed by atoms with Gasteiger partial charge in [0.15, 0.2) is 23.0 Å². The summed E-state index contributed by atoms with van der Waals surface area (Å²) in [5.41, 5.74) is 0.145. The van der Waals surface area contributed by atoms with E-state index in [0.29, 0.717) is 11.5 Å². The Hall–Kier alpha value is -3.09. The zero-order valence-electron chi connectivity index (χ0n) is 13.8. The summed E-state index contributed by atoms with van der Waals surface area (Å²) in [6.45, 7) is 0. The average molecular weight is 334 g/mol. The molecule has 128 valence electrons. The van der Waals surface area contributed by atoms with Crippen LogP contribution in [-0.2, 0) is 0 Å². The second-order valence-electron chi connectivity index (χ2n) is 4.61. The van der Waals surface area contributed by atoms with Crippen LogP contribution in [0.5, 0.6) is 34.5 Å². The van der Waals surface area contributed by atoms with Crippen LogP contribution in [0.4, 0.5) is 0 Å². The molecule has 24 heavy (non-hydrogen) atoms. The molecular weight excluding hydrogens is 316 g/mol. The fourth-order valence-corrected chi connectivity index (χ4v) is 2.11. The summed E-state index contributed by atoms with van der Waals surface area (Å²) >= 11 is 0. The lowest BCUT2D eigenvalue weighted by atomic mass is 10.2. The van der Waals surface area contributed by atoms with Gasteiger partial charge in [-0.15, -0.1) is 0 Å². The van der Waals surface area contributed by atoms with Crippen LogP contribution in [-0.4, -0.2) is 39.5 Å². The molecule has 0 radical (unpaired) electrons. The van der Waals surface area contributed by atoms with Crippen LogP contribution in [0.15, 0.2) is 30.3 Å². The third-order valence-electron chi connectivity index (χ3n) is 3.28. The largest absolute Gasteiger partial charge is 0.502 e. The maximum Gasteiger partial charge on any atom is 0.343 e. The Morgan fingerprint density at radius 2 is 1.38 bits per heavy atom. The third-order valence-corrected chi connectivity index (χ3v) is 3.28. The lowest BCUT2D eigenvalue weighted by molar-refractivity contribution is 0.0728. The molecule has 7 heteroatoms. The monoisotopic (exact) mass is 334 g/mol. The average Bonchev–Trinajstić information content (AvgIpc) is 2.61. The Morgan fingerprint density at radius 1 is 0.833 bits per heavy atom. The van der Waals surface area contributed by atoms with Crippen molar-refractivity contribution in [1.82, 2.24) is 0 Å². The maximum atomic E-state index is 12.4. The number of carbonyl (C=O) groups excluding carboxylic acids is 1. The second-order valence-corrected chi connectivity index (χ2v) is 4.61. The van der Waals surface area contributed by atoms with Gasteiger partial charge in [0.1, 0.15) is 0 Å². The van der Waals surface area contributed by atoms with Gasteiger partial charge < -0.3 is 28.8 Å². The van der Waals surface area contributed by atoms with E-state index in [-0.39, 0.29) is 28.6 Å². The number of rotatable bonds is 6. The molecule has 2 rings (SSSR count). The molecule has 1 N–H and O–H groups in total. The highest BCUT2D eigenvalue weighted by Gasteiger charge is 2.19. The number of benzene rings is 2. The van der Waals surface area contributed by atoms with E-state index in [1.807, 2.05) is 0 Å². The Balaban J connectivity index is 2.37. The van der Waals surface area contributed by atoms with E-state index in [4.69, 9.17) is 23.7 Å². The highest BCUT2D eigenvalue weighted by molar-refractivity contribution is 5.93. The predicted molar refractivity (Wildman–Crippen MR) is 85.7 cm³/mol. The van der Waals surface area contributed by atoms with E-state index < -0.39 is 5.97 Å². The van der Waals surface area contributed by atoms with E-state index in [2.05, 4.69) is 0 Å². The highest BCUT2D eigenvalue weighted by Crippen LogP contribution is 2.39. The molecule has 0 aromatic heterocycles. The van der Waals surface area contributed by atoms with Crippen molar-refractivity contribution in [3.8, 4) is 34.5 Å². The standard InChI is InChI=1S/C17H18O7/c1-20-11-6-5-7-12(16(11)23-4)24-17(19)10-8-13(21-2)15(18)14(9-10)22-3/h5-9,18H,1-4H3. The van der Waals surface area contributed by atoms with Crippen molar-refractivity contribution in [3.05, 3.63) is 35.9 Å². The molecular formula is C17H18O7. The van der Waals surface area contributed by atoms with Gasteiger partial charge in [0.05, 0.1) is 34.0 Å². The SMILES string of the molecule is COc1cc(C(=O)Oc2cccc(OC)c2OC)cc(OC)c1O. The Kier molecular flexibility index (Phi) is 5.36. The summed E-state index contributed by atoms with van der Waals surface area (Å²) in [5.74, 6) is 0.258. The highest BCUT2D eigenvalue weighted by atomic mass is 16.6. The Bertz CT molecular complexity index is 715. The van der Waals surface area contributed by atoms with Gasteiger partial charge in [-0.2, -0.15) is 0 Å². The topological polar surface area (TPSA) is 83.5 Å². The molecule has 0 atom stereocenters. The summed E-state index contributed by atoms with van der Waals surface area (Å²) in [4.78, 5) is 12.4. The Morgan fingerprint density at radius 3 is 1.88 bits per heavy atom. The smallest absolute Gasteiger partial charge is 0.343 e. The molecule has 0 saturated carbocycles. The van der Waals surface area contributed by atoms with Crippen LogP contribution in [0.3, 0.4) is 0 Å². The molecule has 0 bridgehead atoms. The first-order chi connectivity index (χ1) is 11.5. The molecule has 0 heterocycles. The number of para-hydroxylation sites is 1. The van der Waals surface area contributed by atoms with Crippen LogP contribution in [0.25, 0.3) is 0 Å². The predicted octanol–water partition coefficient (Wildman–Crippen LogP) is 2.65. The van der Waals surface area contributed by atoms with Crippen LogP contribution in [0.2, 0.25) is 0 Å². The molecule has 0 aliphatic rings. The van der Waals surface area contributed by atoms with E-state index in [1.165, 1.54) is 40.6 Å². The zero-order chi connectivity index (χ0) is 17.7. The van der Waals surface area contributed by atoms with Gasteiger partial charge in [-0.3, -0.25) is 0 Å². The van der Waals surface area contributed by atoms with Crippen molar-refractivity contribution >= 4 is 5.97 Å². The third kappa shape index (κ3) is 3.29. The number of aromatic hydroxyl groups is 1. The lowest BCUT2D eigenvalue weighted by Crippen LogP contribution is -2.10. The minimum Gasteiger partial charge on any atom is -0.502 e. The molecule has 0 unspecified atom stereocenters. The van der Waals surface area contributed by atoms with E-state index in [9.17, 15) is 9.90 Å². The molecule has 0 aliphatic heterocycles. The number of esters is 1. The molecule has 2 aromatic carbocycles. The number of hydrogen-bond donors (Lipinski definition) is 1. The molecule has 2 aromatic rings. The quantitative estimate of drug-likeness (QED) is 0.642. The zero-order valence-corrected chi connectivity index (χ0v) is 13.8. The summed E-state index contributed by atoms with van der Waals surface area (Å²) in [5, 5.41) is 9.90. The van der Waals surface area contributed by atoms with Crippen LogP contribution in [0.1, 0.15) is 10.4 Å². The normalized spacial score (nSPS) is 10.0. The van der Waals surface area contributed by atoms with E-state index >= 15 is 0 Å². The fraction of sp³-hybridized carbons (Fsp3) is 0.235. The van der Waals surface area contributed by atoms with Gasteiger partial charge in [-0.1, -0.05) is 6.07 Å². The van der Waals surface area contributed by atoms with Crippen molar-refractivity contribution in [2.45, 2.75) is 0 Å². The first-order valence-electron chi connectivity index (χ1n) is 6.93. The van der Waals surface area contributed by atoms with E-state index in [1.54, 1.807) is 18.2 Å². The van der Waals surface area contributed by atoms with Gasteiger partial charge in [-0.05, 0) is 24.3 Å². The van der Waals surface area contributed by atoms with Crippen LogP contribution >= 0.6 is 0 Å². The molecule has 0 fully saturated rings. The van der Waals surface area contributed by atoms with Gasteiger partial charge in [0.25, 0.3) is 0 Å². The summed E-state index contributed by atoms with van der Waals surface area (Å²) in [7, 11) is 5.67. The molecule has 0 amide bonds. The minimum atomic E-state index is -0.668. The summed E-state index contributed by atoms with van der Waals surface area (Å²) < 4.78 is 25.8. The van der Waals surface area contributed by atoms with Crippen molar-refractivity contribution in [1.29, 1.82) is 0 Å². The lowest BCUT2D eigenvalue weighted by Gasteiger charge is -2.13. The minimum absolute atomic E-state index is 0.0962. The van der Waals surface area contributed by atoms with Gasteiger partial charge in [-0.25, -0.2) is 4.79 Å². The van der Waals surface area contributed by atoms with Crippen molar-refractivity contribution < 1.29 is 33.6 Å². The van der Waals surface area contributed by atoms with Gasteiger partial charge >= 0.3 is 5.97 Å². The van der Waals surface area contributed by atoms with Crippen LogP contribution < -0.4 is 23.7 Å². The van der Waals surface area contributed by atoms with Gasteiger partial charge in [0.2, 0.25) is 11.5 Å². The number of carbonyl (C=O) groups is 1. The molecule has 7 nitrogen and oxygen atoms in total. The summed E-state index contributed by atoms with van der Waals surface area (Å²) in [6.07, 6.45) is 0. The molecule has 0 aliphatic carbocycles. The van der Waals surface area contributed by atoms with Crippen LogP contribution in [0, 0.1) is 0 Å². The fourth-order valence-electron chi connectivity index (χ4n) is 2.11. The molecule has 0 spiro atoms. The Labute approximate surface area is 139 Å². The first kappa shape index (κ1) is 17.3. The number of phenolic OH excluding ortho intramolecular Hbond substituents is 1.